The lowest BCUT2D eigenvalue weighted by Crippen LogP contribution is -2.53. The Morgan fingerprint density at radius 3 is 2.78 bits per heavy atom. The largest absolute Gasteiger partial charge is 0.496 e. The third-order valence-electron chi connectivity index (χ3n) is 8.31. The molecule has 2 amide bonds. The minimum Gasteiger partial charge on any atom is -0.496 e. The summed E-state index contributed by atoms with van der Waals surface area (Å²) in [5.41, 5.74) is 1.15. The lowest BCUT2D eigenvalue weighted by atomic mass is 9.91. The van der Waals surface area contributed by atoms with Crippen LogP contribution in [0.15, 0.2) is 24.3 Å². The van der Waals surface area contributed by atoms with Gasteiger partial charge in [-0.3, -0.25) is 19.2 Å². The van der Waals surface area contributed by atoms with Crippen molar-refractivity contribution in [2.45, 2.75) is 57.0 Å². The van der Waals surface area contributed by atoms with Gasteiger partial charge >= 0.3 is 0 Å². The zero-order valence-corrected chi connectivity index (χ0v) is 20.5. The number of aromatic nitrogens is 1. The molecule has 1 aromatic heterocycles. The van der Waals surface area contributed by atoms with E-state index in [0.717, 1.165) is 36.6 Å². The number of Topliss-reactive ketones (excluding diaryl/α,β-unsaturated/α-hetero) is 2. The number of nitrogens with one attached hydrogen (secondary N) is 2. The van der Waals surface area contributed by atoms with E-state index in [-0.39, 0.29) is 41.8 Å². The lowest BCUT2D eigenvalue weighted by Gasteiger charge is -2.29. The van der Waals surface area contributed by atoms with Crippen LogP contribution in [0, 0.1) is 17.8 Å². The van der Waals surface area contributed by atoms with Gasteiger partial charge in [0.1, 0.15) is 29.9 Å². The van der Waals surface area contributed by atoms with Gasteiger partial charge in [-0.25, -0.2) is 0 Å². The fourth-order valence-electron chi connectivity index (χ4n) is 6.49. The number of fused-ring (bicyclic) bond motifs is 2. The van der Waals surface area contributed by atoms with Crippen LogP contribution >= 0.6 is 0 Å². The number of methoxy groups -OCH3 is 1. The first-order chi connectivity index (χ1) is 17.4. The number of amides is 2. The Kier molecular flexibility index (Phi) is 6.83. The zero-order chi connectivity index (χ0) is 25.4. The molecule has 2 aliphatic carbocycles. The first kappa shape index (κ1) is 24.5. The Bertz CT molecular complexity index is 1190. The molecule has 192 valence electrons. The topological polar surface area (TPSA) is 129 Å². The van der Waals surface area contributed by atoms with Crippen molar-refractivity contribution in [1.82, 2.24) is 15.2 Å². The summed E-state index contributed by atoms with van der Waals surface area (Å²) in [6.45, 7) is -0.226. The second kappa shape index (κ2) is 10.0. The van der Waals surface area contributed by atoms with Gasteiger partial charge in [0.25, 0.3) is 5.91 Å². The molecule has 9 nitrogen and oxygen atoms in total. The summed E-state index contributed by atoms with van der Waals surface area (Å²) in [7, 11) is 1.58. The predicted molar refractivity (Wildman–Crippen MR) is 131 cm³/mol. The van der Waals surface area contributed by atoms with Crippen molar-refractivity contribution in [3.05, 3.63) is 30.0 Å². The second-order valence-corrected chi connectivity index (χ2v) is 10.3. The maximum absolute atomic E-state index is 13.7. The fraction of sp³-hybridized carbons (Fsp3) is 0.556. The Morgan fingerprint density at radius 1 is 1.22 bits per heavy atom. The number of carbonyl (C=O) groups excluding carboxylic acids is 4. The number of aromatic amines is 1. The minimum absolute atomic E-state index is 0.0193. The number of likely N-dealkylation sites (tertiary alicyclic amines) is 1. The van der Waals surface area contributed by atoms with Gasteiger partial charge in [-0.05, 0) is 62.1 Å². The molecule has 3 aliphatic rings. The molecular formula is C27H33N3O6. The van der Waals surface area contributed by atoms with E-state index in [1.54, 1.807) is 18.1 Å². The third-order valence-corrected chi connectivity index (χ3v) is 8.31. The highest BCUT2D eigenvalue weighted by molar-refractivity contribution is 6.02. The van der Waals surface area contributed by atoms with Crippen LogP contribution in [0.3, 0.4) is 0 Å². The molecular weight excluding hydrogens is 462 g/mol. The van der Waals surface area contributed by atoms with Crippen molar-refractivity contribution in [2.75, 3.05) is 20.3 Å². The lowest BCUT2D eigenvalue weighted by molar-refractivity contribution is -0.133. The highest BCUT2D eigenvalue weighted by Gasteiger charge is 2.50. The molecule has 0 bridgehead atoms. The maximum Gasteiger partial charge on any atom is 0.271 e. The van der Waals surface area contributed by atoms with Gasteiger partial charge in [0.15, 0.2) is 5.78 Å². The average molecular weight is 496 g/mol. The van der Waals surface area contributed by atoms with Crippen molar-refractivity contribution in [3.8, 4) is 5.75 Å². The number of ketones is 2. The molecule has 5 atom stereocenters. The van der Waals surface area contributed by atoms with E-state index >= 15 is 0 Å². The maximum atomic E-state index is 13.7. The molecule has 3 N–H and O–H groups in total. The highest BCUT2D eigenvalue weighted by atomic mass is 16.5. The van der Waals surface area contributed by atoms with Gasteiger partial charge in [0, 0.05) is 29.8 Å². The van der Waals surface area contributed by atoms with Crippen molar-refractivity contribution in [1.29, 1.82) is 0 Å². The number of nitrogens with zero attached hydrogens (tertiary/aromatic N) is 1. The van der Waals surface area contributed by atoms with E-state index in [9.17, 15) is 24.3 Å². The Hall–Kier alpha value is -3.20. The molecule has 1 aromatic carbocycles. The minimum atomic E-state index is -0.940. The van der Waals surface area contributed by atoms with Crippen LogP contribution in [-0.2, 0) is 14.4 Å². The number of H-pyrrole nitrogens is 1. The van der Waals surface area contributed by atoms with Gasteiger partial charge in [0.2, 0.25) is 5.91 Å². The molecule has 9 heteroatoms. The standard InChI is InChI=1S/C27H33N3O6/c1-36-24-10-4-8-19-18(24)12-21(28-19)27(35)30-13-16-6-2-7-17(16)25(30)26(34)29-20(23(33)14-31)11-15-5-3-9-22(15)32/h4,8,10,12,15-17,20,25,28,31H,2-3,5-7,9,11,13-14H2,1H3,(H,29,34)/t15-,16-,17-,20-,25-/m0/s1. The summed E-state index contributed by atoms with van der Waals surface area (Å²) in [5, 5.41) is 13.1. The quantitative estimate of drug-likeness (QED) is 0.515. The van der Waals surface area contributed by atoms with Gasteiger partial charge in [0.05, 0.1) is 13.2 Å². The summed E-state index contributed by atoms with van der Waals surface area (Å²) < 4.78 is 5.42. The molecule has 2 heterocycles. The van der Waals surface area contributed by atoms with Crippen LogP contribution in [0.5, 0.6) is 5.75 Å². The average Bonchev–Trinajstić information content (AvgIpc) is 3.66. The number of aliphatic hydroxyl groups excluding tert-OH is 1. The normalized spacial score (nSPS) is 26.3. The van der Waals surface area contributed by atoms with E-state index in [0.29, 0.717) is 30.8 Å². The molecule has 36 heavy (non-hydrogen) atoms. The molecule has 2 aromatic rings. The number of hydrogen-bond donors (Lipinski definition) is 3. The second-order valence-electron chi connectivity index (χ2n) is 10.3. The van der Waals surface area contributed by atoms with Crippen LogP contribution in [0.25, 0.3) is 10.9 Å². The number of benzene rings is 1. The number of aliphatic hydroxyl groups is 1. The van der Waals surface area contributed by atoms with Crippen LogP contribution in [0.4, 0.5) is 0 Å². The van der Waals surface area contributed by atoms with Crippen LogP contribution in [0.1, 0.15) is 55.4 Å². The zero-order valence-electron chi connectivity index (χ0n) is 20.5. The number of hydrogen-bond acceptors (Lipinski definition) is 6. The van der Waals surface area contributed by atoms with Crippen molar-refractivity contribution >= 4 is 34.3 Å². The van der Waals surface area contributed by atoms with Crippen molar-refractivity contribution in [2.24, 2.45) is 17.8 Å². The Morgan fingerprint density at radius 2 is 2.06 bits per heavy atom. The summed E-state index contributed by atoms with van der Waals surface area (Å²) >= 11 is 0. The van der Waals surface area contributed by atoms with Crippen LogP contribution in [-0.4, -0.2) is 70.7 Å². The van der Waals surface area contributed by atoms with Crippen LogP contribution < -0.4 is 10.1 Å². The molecule has 5 rings (SSSR count). The monoisotopic (exact) mass is 495 g/mol. The van der Waals surface area contributed by atoms with Gasteiger partial charge in [-0.2, -0.15) is 0 Å². The summed E-state index contributed by atoms with van der Waals surface area (Å²) in [6, 6.07) is 5.65. The highest BCUT2D eigenvalue weighted by Crippen LogP contribution is 2.43. The van der Waals surface area contributed by atoms with E-state index in [1.165, 1.54) is 0 Å². The molecule has 2 saturated carbocycles. The fourth-order valence-corrected chi connectivity index (χ4v) is 6.49. The van der Waals surface area contributed by atoms with Gasteiger partial charge in [-0.1, -0.05) is 12.5 Å². The SMILES string of the molecule is COc1cccc2[nH]c(C(=O)N3C[C@@H]4CCC[C@@H]4[C@H]3C(=O)N[C@@H](C[C@@H]3CCCC3=O)C(=O)CO)cc12. The number of ether oxygens (including phenoxy) is 1. The smallest absolute Gasteiger partial charge is 0.271 e. The first-order valence-corrected chi connectivity index (χ1v) is 12.8. The van der Waals surface area contributed by atoms with E-state index in [4.69, 9.17) is 4.74 Å². The molecule has 0 unspecified atom stereocenters. The van der Waals surface area contributed by atoms with E-state index in [1.807, 2.05) is 18.2 Å². The Labute approximate surface area is 209 Å². The summed E-state index contributed by atoms with van der Waals surface area (Å²) in [4.78, 5) is 56.8. The van der Waals surface area contributed by atoms with E-state index < -0.39 is 24.5 Å². The van der Waals surface area contributed by atoms with Crippen LogP contribution in [0.2, 0.25) is 0 Å². The number of rotatable bonds is 8. The summed E-state index contributed by atoms with van der Waals surface area (Å²) in [5.74, 6) is -0.442. The predicted octanol–water partition coefficient (Wildman–Crippen LogP) is 2.22. The third kappa shape index (κ3) is 4.40. The molecule has 3 fully saturated rings. The van der Waals surface area contributed by atoms with Crippen molar-refractivity contribution < 1.29 is 29.0 Å². The molecule has 1 saturated heterocycles. The Balaban J connectivity index is 1.39. The first-order valence-electron chi connectivity index (χ1n) is 12.8. The summed E-state index contributed by atoms with van der Waals surface area (Å²) in [6.07, 6.45) is 4.94. The van der Waals surface area contributed by atoms with E-state index in [2.05, 4.69) is 10.3 Å². The van der Waals surface area contributed by atoms with Crippen molar-refractivity contribution in [3.63, 3.8) is 0 Å². The van der Waals surface area contributed by atoms with Gasteiger partial charge < -0.3 is 25.0 Å². The molecule has 0 spiro atoms. The molecule has 0 radical (unpaired) electrons. The van der Waals surface area contributed by atoms with Gasteiger partial charge in [-0.15, -0.1) is 0 Å². The number of carbonyl (C=O) groups is 4. The molecule has 1 aliphatic heterocycles.